The van der Waals surface area contributed by atoms with Crippen molar-refractivity contribution in [2.45, 2.75) is 0 Å². The lowest BCUT2D eigenvalue weighted by Crippen LogP contribution is -2.03. The molecule has 0 atom stereocenters. The number of para-hydroxylation sites is 3. The predicted molar refractivity (Wildman–Crippen MR) is 209 cm³/mol. The SMILES string of the molecule is c1ccc2cc(-c3nc(-n4c5ccccc5c5cc6c7ccccc7n7c8c9ccccc9ccc8c(c54)c67)nc4ccccc34)ccc2c1. The standard InChI is InChI=1S/C46H26N4/c1-2-13-29-25-30(22-21-27(29)11-1)42-34-17-5-8-18-38(34)47-46(48-42)50-40-20-10-7-16-33(40)37-26-36-32-15-6-9-19-39(32)49-43-31-14-4-3-12-28(31)23-24-35(43)41(44(36)49)45(37)50/h1-26H. The summed E-state index contributed by atoms with van der Waals surface area (Å²) in [7, 11) is 0. The van der Waals surface area contributed by atoms with E-state index < -0.39 is 0 Å². The number of benzene rings is 8. The molecule has 0 spiro atoms. The zero-order valence-corrected chi connectivity index (χ0v) is 26.8. The molecule has 50 heavy (non-hydrogen) atoms. The first-order valence-electron chi connectivity index (χ1n) is 17.1. The molecule has 12 rings (SSSR count). The van der Waals surface area contributed by atoms with Crippen LogP contribution in [0.25, 0.3) is 110 Å². The van der Waals surface area contributed by atoms with E-state index in [0.29, 0.717) is 5.95 Å². The maximum Gasteiger partial charge on any atom is 0.235 e. The largest absolute Gasteiger partial charge is 0.307 e. The van der Waals surface area contributed by atoms with Gasteiger partial charge >= 0.3 is 0 Å². The number of fused-ring (bicyclic) bond motifs is 14. The average Bonchev–Trinajstić information content (AvgIpc) is 3.82. The van der Waals surface area contributed by atoms with Crippen LogP contribution in [0.5, 0.6) is 0 Å². The van der Waals surface area contributed by atoms with Gasteiger partial charge in [0.2, 0.25) is 5.95 Å². The van der Waals surface area contributed by atoms with Crippen molar-refractivity contribution in [1.82, 2.24) is 18.9 Å². The fraction of sp³-hybridized carbons (Fsp3) is 0. The maximum absolute atomic E-state index is 5.49. The van der Waals surface area contributed by atoms with E-state index in [1.54, 1.807) is 0 Å². The lowest BCUT2D eigenvalue weighted by Gasteiger charge is -2.13. The molecule has 230 valence electrons. The van der Waals surface area contributed by atoms with Gasteiger partial charge in [0.25, 0.3) is 0 Å². The Balaban J connectivity index is 1.30. The molecule has 12 aromatic rings. The van der Waals surface area contributed by atoms with Crippen LogP contribution in [0.1, 0.15) is 0 Å². The third-order valence-electron chi connectivity index (χ3n) is 10.8. The quantitative estimate of drug-likeness (QED) is 0.190. The molecular weight excluding hydrogens is 609 g/mol. The number of rotatable bonds is 2. The van der Waals surface area contributed by atoms with E-state index in [-0.39, 0.29) is 0 Å². The van der Waals surface area contributed by atoms with Gasteiger partial charge in [-0.25, -0.2) is 9.97 Å². The smallest absolute Gasteiger partial charge is 0.235 e. The van der Waals surface area contributed by atoms with Crippen LogP contribution in [-0.4, -0.2) is 18.9 Å². The topological polar surface area (TPSA) is 35.1 Å². The molecule has 0 aliphatic carbocycles. The minimum absolute atomic E-state index is 0.672. The van der Waals surface area contributed by atoms with Gasteiger partial charge in [-0.05, 0) is 46.5 Å². The first-order chi connectivity index (χ1) is 24.8. The van der Waals surface area contributed by atoms with E-state index in [1.807, 2.05) is 0 Å². The number of hydrogen-bond donors (Lipinski definition) is 0. The van der Waals surface area contributed by atoms with Gasteiger partial charge in [0, 0.05) is 48.7 Å². The van der Waals surface area contributed by atoms with Crippen LogP contribution in [0, 0.1) is 0 Å². The zero-order valence-electron chi connectivity index (χ0n) is 26.8. The Hall–Kier alpha value is -6.78. The van der Waals surface area contributed by atoms with E-state index >= 15 is 0 Å². The molecule has 0 bridgehead atoms. The summed E-state index contributed by atoms with van der Waals surface area (Å²) in [6.07, 6.45) is 0. The van der Waals surface area contributed by atoms with Crippen LogP contribution in [0.15, 0.2) is 158 Å². The fourth-order valence-electron chi connectivity index (χ4n) is 8.69. The molecule has 0 saturated carbocycles. The monoisotopic (exact) mass is 634 g/mol. The molecule has 0 amide bonds. The highest BCUT2D eigenvalue weighted by molar-refractivity contribution is 6.36. The first-order valence-corrected chi connectivity index (χ1v) is 17.1. The Bertz CT molecular complexity index is 3380. The first kappa shape index (κ1) is 26.2. The Labute approximate surface area is 285 Å². The predicted octanol–water partition coefficient (Wildman–Crippen LogP) is 11.9. The number of aromatic nitrogens is 4. The summed E-state index contributed by atoms with van der Waals surface area (Å²) < 4.78 is 4.82. The van der Waals surface area contributed by atoms with Crippen LogP contribution in [0.2, 0.25) is 0 Å². The molecule has 0 fully saturated rings. The molecule has 4 heteroatoms. The summed E-state index contributed by atoms with van der Waals surface area (Å²) in [5.74, 6) is 0.672. The van der Waals surface area contributed by atoms with Crippen molar-refractivity contribution in [3.8, 4) is 17.2 Å². The van der Waals surface area contributed by atoms with Crippen LogP contribution < -0.4 is 0 Å². The molecule has 4 aromatic heterocycles. The van der Waals surface area contributed by atoms with Crippen molar-refractivity contribution in [1.29, 1.82) is 0 Å². The Morgan fingerprint density at radius 1 is 0.380 bits per heavy atom. The lowest BCUT2D eigenvalue weighted by atomic mass is 10.0. The molecule has 0 aliphatic heterocycles. The van der Waals surface area contributed by atoms with Gasteiger partial charge in [0.15, 0.2) is 0 Å². The van der Waals surface area contributed by atoms with Gasteiger partial charge in [-0.3, -0.25) is 4.57 Å². The minimum atomic E-state index is 0.672. The average molecular weight is 635 g/mol. The summed E-state index contributed by atoms with van der Waals surface area (Å²) in [6, 6.07) is 56.8. The molecule has 8 aromatic carbocycles. The minimum Gasteiger partial charge on any atom is -0.307 e. The van der Waals surface area contributed by atoms with E-state index in [0.717, 1.165) is 33.2 Å². The van der Waals surface area contributed by atoms with Crippen molar-refractivity contribution in [3.63, 3.8) is 0 Å². The Morgan fingerprint density at radius 3 is 1.88 bits per heavy atom. The summed E-state index contributed by atoms with van der Waals surface area (Å²) in [6.45, 7) is 0. The molecule has 0 N–H and O–H groups in total. The molecule has 4 nitrogen and oxygen atoms in total. The second-order valence-electron chi connectivity index (χ2n) is 13.4. The van der Waals surface area contributed by atoms with Crippen molar-refractivity contribution in [2.75, 3.05) is 0 Å². The van der Waals surface area contributed by atoms with Gasteiger partial charge in [-0.2, -0.15) is 0 Å². The molecule has 4 heterocycles. The second kappa shape index (κ2) is 9.43. The molecular formula is C46H26N4. The Morgan fingerprint density at radius 2 is 1.02 bits per heavy atom. The number of hydrogen-bond acceptors (Lipinski definition) is 2. The molecule has 0 saturated heterocycles. The number of nitrogens with zero attached hydrogens (tertiary/aromatic N) is 4. The van der Waals surface area contributed by atoms with Crippen LogP contribution in [0.3, 0.4) is 0 Å². The molecule has 0 aliphatic rings. The zero-order chi connectivity index (χ0) is 32.5. The van der Waals surface area contributed by atoms with Gasteiger partial charge in [0.1, 0.15) is 0 Å². The van der Waals surface area contributed by atoms with Gasteiger partial charge in [-0.1, -0.05) is 127 Å². The third kappa shape index (κ3) is 3.30. The van der Waals surface area contributed by atoms with Crippen LogP contribution in [-0.2, 0) is 0 Å². The van der Waals surface area contributed by atoms with E-state index in [4.69, 9.17) is 9.97 Å². The van der Waals surface area contributed by atoms with Crippen molar-refractivity contribution in [2.24, 2.45) is 0 Å². The van der Waals surface area contributed by atoms with Crippen LogP contribution in [0.4, 0.5) is 0 Å². The summed E-state index contributed by atoms with van der Waals surface area (Å²) in [5, 5.41) is 13.3. The summed E-state index contributed by atoms with van der Waals surface area (Å²) in [4.78, 5) is 10.8. The highest BCUT2D eigenvalue weighted by Gasteiger charge is 2.26. The van der Waals surface area contributed by atoms with Crippen molar-refractivity contribution >= 4 is 92.3 Å². The Kier molecular flexibility index (Phi) is 4.94. The van der Waals surface area contributed by atoms with Crippen molar-refractivity contribution in [3.05, 3.63) is 158 Å². The van der Waals surface area contributed by atoms with Gasteiger partial charge < -0.3 is 4.40 Å². The van der Waals surface area contributed by atoms with E-state index in [9.17, 15) is 0 Å². The molecule has 0 radical (unpaired) electrons. The fourth-order valence-corrected chi connectivity index (χ4v) is 8.69. The van der Waals surface area contributed by atoms with Gasteiger partial charge in [-0.15, -0.1) is 0 Å². The normalized spacial score (nSPS) is 12.4. The summed E-state index contributed by atoms with van der Waals surface area (Å²) >= 11 is 0. The third-order valence-corrected chi connectivity index (χ3v) is 10.8. The van der Waals surface area contributed by atoms with E-state index in [2.05, 4.69) is 167 Å². The molecule has 0 unspecified atom stereocenters. The lowest BCUT2D eigenvalue weighted by molar-refractivity contribution is 1.02. The van der Waals surface area contributed by atoms with Crippen molar-refractivity contribution < 1.29 is 0 Å². The van der Waals surface area contributed by atoms with E-state index in [1.165, 1.54) is 70.4 Å². The second-order valence-corrected chi connectivity index (χ2v) is 13.4. The highest BCUT2D eigenvalue weighted by atomic mass is 15.2. The summed E-state index contributed by atoms with van der Waals surface area (Å²) in [5.41, 5.74) is 8.86. The maximum atomic E-state index is 5.49. The van der Waals surface area contributed by atoms with Crippen LogP contribution >= 0.6 is 0 Å². The van der Waals surface area contributed by atoms with Gasteiger partial charge in [0.05, 0.1) is 38.8 Å². The highest BCUT2D eigenvalue weighted by Crippen LogP contribution is 2.47.